The maximum atomic E-state index is 12.0. The van der Waals surface area contributed by atoms with Crippen molar-refractivity contribution in [2.75, 3.05) is 12.3 Å². The number of anilines is 1. The van der Waals surface area contributed by atoms with E-state index in [9.17, 15) is 4.79 Å². The number of carbonyl (C=O) groups excluding carboxylic acids is 1. The number of hydrogen-bond donors (Lipinski definition) is 2. The Balaban J connectivity index is 1.93. The van der Waals surface area contributed by atoms with Crippen molar-refractivity contribution < 1.29 is 4.79 Å². The lowest BCUT2D eigenvalue weighted by Crippen LogP contribution is -2.28. The van der Waals surface area contributed by atoms with Crippen LogP contribution in [0.2, 0.25) is 0 Å². The van der Waals surface area contributed by atoms with E-state index in [0.717, 1.165) is 6.42 Å². The number of amides is 1. The van der Waals surface area contributed by atoms with E-state index in [1.807, 2.05) is 37.3 Å². The van der Waals surface area contributed by atoms with Crippen molar-refractivity contribution in [3.8, 4) is 0 Å². The molecule has 0 bridgehead atoms. The van der Waals surface area contributed by atoms with E-state index in [2.05, 4.69) is 10.4 Å². The van der Waals surface area contributed by atoms with Gasteiger partial charge in [-0.1, -0.05) is 30.3 Å². The lowest BCUT2D eigenvalue weighted by Gasteiger charge is -2.07. The zero-order valence-electron chi connectivity index (χ0n) is 11.0. The van der Waals surface area contributed by atoms with Crippen LogP contribution in [0.4, 0.5) is 5.69 Å². The number of aromatic nitrogens is 2. The first kappa shape index (κ1) is 13.1. The maximum Gasteiger partial charge on any atom is 0.271 e. The first-order valence-electron chi connectivity index (χ1n) is 6.35. The fraction of sp³-hybridized carbons (Fsp3) is 0.286. The molecule has 0 saturated heterocycles. The molecule has 1 heterocycles. The third kappa shape index (κ3) is 3.13. The molecule has 0 aliphatic rings. The first-order chi connectivity index (χ1) is 9.22. The smallest absolute Gasteiger partial charge is 0.271 e. The van der Waals surface area contributed by atoms with Gasteiger partial charge in [0.05, 0.1) is 11.9 Å². The Morgan fingerprint density at radius 2 is 2.11 bits per heavy atom. The number of nitrogen functional groups attached to an aromatic ring is 1. The van der Waals surface area contributed by atoms with Crippen LogP contribution >= 0.6 is 0 Å². The monoisotopic (exact) mass is 258 g/mol. The minimum absolute atomic E-state index is 0.173. The average Bonchev–Trinajstić information content (AvgIpc) is 2.81. The molecule has 1 amide bonds. The first-order valence-corrected chi connectivity index (χ1v) is 6.35. The summed E-state index contributed by atoms with van der Waals surface area (Å²) in [6, 6.07) is 10.0. The molecule has 0 atom stereocenters. The van der Waals surface area contributed by atoms with Crippen LogP contribution in [-0.4, -0.2) is 22.2 Å². The van der Waals surface area contributed by atoms with Gasteiger partial charge in [0.15, 0.2) is 0 Å². The molecule has 2 aromatic rings. The molecule has 5 nitrogen and oxygen atoms in total. The van der Waals surface area contributed by atoms with Gasteiger partial charge in [0, 0.05) is 13.1 Å². The second-order valence-corrected chi connectivity index (χ2v) is 4.26. The maximum absolute atomic E-state index is 12.0. The minimum Gasteiger partial charge on any atom is -0.396 e. The predicted octanol–water partition coefficient (Wildman–Crippen LogP) is 1.46. The summed E-state index contributed by atoms with van der Waals surface area (Å²) in [5.41, 5.74) is 7.81. The number of hydrogen-bond acceptors (Lipinski definition) is 3. The van der Waals surface area contributed by atoms with Crippen molar-refractivity contribution in [2.24, 2.45) is 0 Å². The van der Waals surface area contributed by atoms with E-state index in [1.165, 1.54) is 11.8 Å². The van der Waals surface area contributed by atoms with Crippen LogP contribution in [0, 0.1) is 0 Å². The van der Waals surface area contributed by atoms with Crippen LogP contribution < -0.4 is 11.1 Å². The summed E-state index contributed by atoms with van der Waals surface area (Å²) in [6.07, 6.45) is 2.31. The summed E-state index contributed by atoms with van der Waals surface area (Å²) < 4.78 is 1.60. The second kappa shape index (κ2) is 6.04. The number of nitrogens with one attached hydrogen (secondary N) is 1. The van der Waals surface area contributed by atoms with Gasteiger partial charge in [-0.3, -0.25) is 9.48 Å². The fourth-order valence-corrected chi connectivity index (χ4v) is 1.94. The second-order valence-electron chi connectivity index (χ2n) is 4.26. The van der Waals surface area contributed by atoms with Crippen LogP contribution in [0.25, 0.3) is 0 Å². The van der Waals surface area contributed by atoms with Crippen molar-refractivity contribution in [1.29, 1.82) is 0 Å². The molecule has 100 valence electrons. The third-order valence-electron chi connectivity index (χ3n) is 2.92. The normalized spacial score (nSPS) is 10.4. The number of carbonyl (C=O) groups is 1. The number of benzene rings is 1. The largest absolute Gasteiger partial charge is 0.396 e. The van der Waals surface area contributed by atoms with Crippen molar-refractivity contribution in [3.63, 3.8) is 0 Å². The van der Waals surface area contributed by atoms with Gasteiger partial charge in [-0.2, -0.15) is 5.10 Å². The Hall–Kier alpha value is -2.30. The SMILES string of the molecule is CCn1ncc(N)c1C(=O)NCCc1ccccc1. The Labute approximate surface area is 112 Å². The van der Waals surface area contributed by atoms with Gasteiger partial charge in [-0.15, -0.1) is 0 Å². The molecule has 5 heteroatoms. The summed E-state index contributed by atoms with van der Waals surface area (Å²) >= 11 is 0. The van der Waals surface area contributed by atoms with Gasteiger partial charge in [-0.05, 0) is 18.9 Å². The summed E-state index contributed by atoms with van der Waals surface area (Å²) in [6.45, 7) is 3.13. The highest BCUT2D eigenvalue weighted by atomic mass is 16.2. The molecule has 0 spiro atoms. The van der Waals surface area contributed by atoms with Crippen molar-refractivity contribution >= 4 is 11.6 Å². The summed E-state index contributed by atoms with van der Waals surface area (Å²) in [7, 11) is 0. The average molecular weight is 258 g/mol. The van der Waals surface area contributed by atoms with E-state index >= 15 is 0 Å². The van der Waals surface area contributed by atoms with E-state index in [4.69, 9.17) is 5.73 Å². The molecule has 0 aliphatic carbocycles. The standard InChI is InChI=1S/C14H18N4O/c1-2-18-13(12(15)10-17-18)14(19)16-9-8-11-6-4-3-5-7-11/h3-7,10H,2,8-9,15H2,1H3,(H,16,19). The Morgan fingerprint density at radius 1 is 1.37 bits per heavy atom. The number of rotatable bonds is 5. The van der Waals surface area contributed by atoms with Gasteiger partial charge in [-0.25, -0.2) is 0 Å². The van der Waals surface area contributed by atoms with Gasteiger partial charge in [0.2, 0.25) is 0 Å². The van der Waals surface area contributed by atoms with E-state index in [0.29, 0.717) is 24.5 Å². The highest BCUT2D eigenvalue weighted by Gasteiger charge is 2.15. The van der Waals surface area contributed by atoms with E-state index in [-0.39, 0.29) is 5.91 Å². The van der Waals surface area contributed by atoms with Crippen LogP contribution in [-0.2, 0) is 13.0 Å². The summed E-state index contributed by atoms with van der Waals surface area (Å²) in [5.74, 6) is -0.173. The summed E-state index contributed by atoms with van der Waals surface area (Å²) in [4.78, 5) is 12.0. The lowest BCUT2D eigenvalue weighted by atomic mass is 10.1. The Bertz CT molecular complexity index is 548. The van der Waals surface area contributed by atoms with Crippen molar-refractivity contribution in [2.45, 2.75) is 19.9 Å². The molecular weight excluding hydrogens is 240 g/mol. The minimum atomic E-state index is -0.173. The zero-order chi connectivity index (χ0) is 13.7. The van der Waals surface area contributed by atoms with Crippen LogP contribution in [0.15, 0.2) is 36.5 Å². The van der Waals surface area contributed by atoms with Crippen LogP contribution in [0.5, 0.6) is 0 Å². The predicted molar refractivity (Wildman–Crippen MR) is 74.8 cm³/mol. The van der Waals surface area contributed by atoms with E-state index < -0.39 is 0 Å². The van der Waals surface area contributed by atoms with Crippen molar-refractivity contribution in [1.82, 2.24) is 15.1 Å². The number of aryl methyl sites for hydroxylation is 1. The molecule has 1 aromatic heterocycles. The number of nitrogens with two attached hydrogens (primary N) is 1. The van der Waals surface area contributed by atoms with Crippen LogP contribution in [0.1, 0.15) is 23.0 Å². The molecule has 0 fully saturated rings. The lowest BCUT2D eigenvalue weighted by molar-refractivity contribution is 0.0944. The molecule has 2 rings (SSSR count). The molecular formula is C14H18N4O. The molecule has 1 aromatic carbocycles. The zero-order valence-corrected chi connectivity index (χ0v) is 11.0. The fourth-order valence-electron chi connectivity index (χ4n) is 1.94. The highest BCUT2D eigenvalue weighted by molar-refractivity contribution is 5.97. The molecule has 0 unspecified atom stereocenters. The molecule has 0 aliphatic heterocycles. The van der Waals surface area contributed by atoms with Gasteiger partial charge >= 0.3 is 0 Å². The quantitative estimate of drug-likeness (QED) is 0.852. The van der Waals surface area contributed by atoms with Crippen LogP contribution in [0.3, 0.4) is 0 Å². The topological polar surface area (TPSA) is 72.9 Å². The molecule has 0 radical (unpaired) electrons. The Kier molecular flexibility index (Phi) is 4.18. The third-order valence-corrected chi connectivity index (χ3v) is 2.92. The van der Waals surface area contributed by atoms with Gasteiger partial charge in [0.25, 0.3) is 5.91 Å². The Morgan fingerprint density at radius 3 is 2.79 bits per heavy atom. The van der Waals surface area contributed by atoms with Gasteiger partial charge < -0.3 is 11.1 Å². The molecule has 3 N–H and O–H groups in total. The highest BCUT2D eigenvalue weighted by Crippen LogP contribution is 2.10. The van der Waals surface area contributed by atoms with Gasteiger partial charge in [0.1, 0.15) is 5.69 Å². The summed E-state index contributed by atoms with van der Waals surface area (Å²) in [5, 5.41) is 6.92. The van der Waals surface area contributed by atoms with Crippen molar-refractivity contribution in [3.05, 3.63) is 47.8 Å². The van der Waals surface area contributed by atoms with E-state index in [1.54, 1.807) is 4.68 Å². The molecule has 0 saturated carbocycles. The number of nitrogens with zero attached hydrogens (tertiary/aromatic N) is 2. The molecule has 19 heavy (non-hydrogen) atoms.